The van der Waals surface area contributed by atoms with Gasteiger partial charge in [-0.2, -0.15) is 0 Å². The summed E-state index contributed by atoms with van der Waals surface area (Å²) in [7, 11) is 0. The number of hydrogen-bond donors (Lipinski definition) is 1. The molecule has 1 saturated heterocycles. The zero-order valence-electron chi connectivity index (χ0n) is 13.6. The summed E-state index contributed by atoms with van der Waals surface area (Å²) in [5.41, 5.74) is 0.643. The molecule has 23 heavy (non-hydrogen) atoms. The minimum atomic E-state index is -0.0782. The maximum absolute atomic E-state index is 12.0. The Labute approximate surface area is 137 Å². The Kier molecular flexibility index (Phi) is 4.96. The number of likely N-dealkylation sites (tertiary alicyclic amines) is 1. The lowest BCUT2D eigenvalue weighted by Gasteiger charge is -2.32. The fraction of sp³-hybridized carbons (Fsp3) is 0.556. The molecule has 0 spiro atoms. The van der Waals surface area contributed by atoms with Crippen LogP contribution in [0.25, 0.3) is 0 Å². The Balaban J connectivity index is 1.38. The van der Waals surface area contributed by atoms with Gasteiger partial charge in [0.25, 0.3) is 5.91 Å². The number of hydrogen-bond acceptors (Lipinski definition) is 4. The van der Waals surface area contributed by atoms with Crippen LogP contribution in [0.4, 0.5) is 0 Å². The Hall–Kier alpha value is -1.88. The summed E-state index contributed by atoms with van der Waals surface area (Å²) in [4.78, 5) is 25.7. The van der Waals surface area contributed by atoms with E-state index in [1.54, 1.807) is 24.3 Å². The highest BCUT2D eigenvalue weighted by Gasteiger charge is 2.32. The van der Waals surface area contributed by atoms with Gasteiger partial charge in [-0.05, 0) is 56.9 Å². The van der Waals surface area contributed by atoms with E-state index in [0.29, 0.717) is 11.3 Å². The van der Waals surface area contributed by atoms with Crippen molar-refractivity contribution in [1.29, 1.82) is 0 Å². The maximum atomic E-state index is 12.0. The molecule has 0 aromatic heterocycles. The lowest BCUT2D eigenvalue weighted by atomic mass is 10.0. The monoisotopic (exact) mass is 316 g/mol. The number of amides is 1. The molecular weight excluding hydrogens is 292 g/mol. The van der Waals surface area contributed by atoms with Gasteiger partial charge in [0.1, 0.15) is 5.75 Å². The summed E-state index contributed by atoms with van der Waals surface area (Å²) >= 11 is 0. The quantitative estimate of drug-likeness (QED) is 0.816. The molecule has 1 amide bonds. The van der Waals surface area contributed by atoms with E-state index in [2.05, 4.69) is 10.2 Å². The normalized spacial score (nSPS) is 19.3. The van der Waals surface area contributed by atoms with Gasteiger partial charge < -0.3 is 15.0 Å². The molecule has 1 saturated carbocycles. The second-order valence-corrected chi connectivity index (χ2v) is 6.48. The molecule has 1 aliphatic heterocycles. The molecule has 1 aromatic carbocycles. The second-order valence-electron chi connectivity index (χ2n) is 6.48. The first-order valence-corrected chi connectivity index (χ1v) is 8.39. The molecule has 2 aliphatic rings. The topological polar surface area (TPSA) is 58.6 Å². The van der Waals surface area contributed by atoms with Gasteiger partial charge >= 0.3 is 0 Å². The zero-order chi connectivity index (χ0) is 16.2. The van der Waals surface area contributed by atoms with Crippen molar-refractivity contribution in [1.82, 2.24) is 10.2 Å². The number of piperidine rings is 1. The van der Waals surface area contributed by atoms with Gasteiger partial charge in [-0.25, -0.2) is 0 Å². The van der Waals surface area contributed by atoms with Gasteiger partial charge in [0.15, 0.2) is 12.4 Å². The first-order chi connectivity index (χ1) is 11.1. The van der Waals surface area contributed by atoms with Crippen LogP contribution in [0, 0.1) is 0 Å². The SMILES string of the molecule is CC(=O)c1ccc(OCC(=O)NC2CCN(C3CC3)CC2)cc1. The molecule has 124 valence electrons. The molecule has 1 N–H and O–H groups in total. The van der Waals surface area contributed by atoms with Crippen LogP contribution in [-0.4, -0.2) is 48.4 Å². The Morgan fingerprint density at radius 3 is 2.35 bits per heavy atom. The van der Waals surface area contributed by atoms with Gasteiger partial charge in [0, 0.05) is 30.7 Å². The summed E-state index contributed by atoms with van der Waals surface area (Å²) in [6, 6.07) is 7.94. The smallest absolute Gasteiger partial charge is 0.258 e. The standard InChI is InChI=1S/C18H24N2O3/c1-13(21)14-2-6-17(7-3-14)23-12-18(22)19-15-8-10-20(11-9-15)16-4-5-16/h2-3,6-7,15-16H,4-5,8-12H2,1H3,(H,19,22). The van der Waals surface area contributed by atoms with E-state index in [1.165, 1.54) is 19.8 Å². The van der Waals surface area contributed by atoms with E-state index in [0.717, 1.165) is 32.0 Å². The molecule has 3 rings (SSSR count). The highest BCUT2D eigenvalue weighted by Crippen LogP contribution is 2.29. The van der Waals surface area contributed by atoms with E-state index >= 15 is 0 Å². The van der Waals surface area contributed by atoms with Crippen molar-refractivity contribution in [2.75, 3.05) is 19.7 Å². The molecule has 2 fully saturated rings. The molecule has 1 aromatic rings. The lowest BCUT2D eigenvalue weighted by molar-refractivity contribution is -0.124. The van der Waals surface area contributed by atoms with Crippen LogP contribution < -0.4 is 10.1 Å². The molecule has 0 atom stereocenters. The molecular formula is C18H24N2O3. The minimum Gasteiger partial charge on any atom is -0.484 e. The molecule has 0 unspecified atom stereocenters. The Bertz CT molecular complexity index is 558. The summed E-state index contributed by atoms with van der Waals surface area (Å²) in [5.74, 6) is 0.547. The second kappa shape index (κ2) is 7.13. The van der Waals surface area contributed by atoms with Crippen molar-refractivity contribution in [2.45, 2.75) is 44.7 Å². The van der Waals surface area contributed by atoms with E-state index < -0.39 is 0 Å². The summed E-state index contributed by atoms with van der Waals surface area (Å²) in [6.45, 7) is 3.71. The third-order valence-electron chi connectivity index (χ3n) is 4.59. The average molecular weight is 316 g/mol. The predicted molar refractivity (Wildman–Crippen MR) is 87.7 cm³/mol. The fourth-order valence-electron chi connectivity index (χ4n) is 3.05. The van der Waals surface area contributed by atoms with E-state index in [-0.39, 0.29) is 24.3 Å². The van der Waals surface area contributed by atoms with Crippen LogP contribution in [0.3, 0.4) is 0 Å². The van der Waals surface area contributed by atoms with Crippen molar-refractivity contribution >= 4 is 11.7 Å². The highest BCUT2D eigenvalue weighted by molar-refractivity contribution is 5.94. The van der Waals surface area contributed by atoms with Gasteiger partial charge in [-0.1, -0.05) is 0 Å². The third kappa shape index (κ3) is 4.55. The summed E-state index contributed by atoms with van der Waals surface area (Å²) < 4.78 is 5.48. The highest BCUT2D eigenvalue weighted by atomic mass is 16.5. The van der Waals surface area contributed by atoms with Crippen LogP contribution in [-0.2, 0) is 4.79 Å². The van der Waals surface area contributed by atoms with Crippen LogP contribution in [0.2, 0.25) is 0 Å². The lowest BCUT2D eigenvalue weighted by Crippen LogP contribution is -2.46. The first kappa shape index (κ1) is 16.0. The number of nitrogens with zero attached hydrogens (tertiary/aromatic N) is 1. The zero-order valence-corrected chi connectivity index (χ0v) is 13.6. The number of nitrogens with one attached hydrogen (secondary N) is 1. The van der Waals surface area contributed by atoms with Crippen LogP contribution in [0.5, 0.6) is 5.75 Å². The van der Waals surface area contributed by atoms with Gasteiger partial charge in [0.05, 0.1) is 0 Å². The van der Waals surface area contributed by atoms with Crippen molar-refractivity contribution in [3.63, 3.8) is 0 Å². The number of Topliss-reactive ketones (excluding diaryl/α,β-unsaturated/α-hetero) is 1. The van der Waals surface area contributed by atoms with E-state index in [9.17, 15) is 9.59 Å². The van der Waals surface area contributed by atoms with Crippen molar-refractivity contribution in [3.05, 3.63) is 29.8 Å². The molecule has 1 aliphatic carbocycles. The Morgan fingerprint density at radius 1 is 1.13 bits per heavy atom. The van der Waals surface area contributed by atoms with Gasteiger partial charge in [0.2, 0.25) is 0 Å². The molecule has 5 nitrogen and oxygen atoms in total. The number of carbonyl (C=O) groups excluding carboxylic acids is 2. The van der Waals surface area contributed by atoms with E-state index in [4.69, 9.17) is 4.74 Å². The molecule has 0 bridgehead atoms. The van der Waals surface area contributed by atoms with Crippen LogP contribution in [0.1, 0.15) is 43.0 Å². The first-order valence-electron chi connectivity index (χ1n) is 8.39. The number of benzene rings is 1. The van der Waals surface area contributed by atoms with Crippen LogP contribution in [0.15, 0.2) is 24.3 Å². The fourth-order valence-corrected chi connectivity index (χ4v) is 3.05. The largest absolute Gasteiger partial charge is 0.484 e. The maximum Gasteiger partial charge on any atom is 0.258 e. The van der Waals surface area contributed by atoms with Crippen molar-refractivity contribution < 1.29 is 14.3 Å². The summed E-state index contributed by atoms with van der Waals surface area (Å²) in [6.07, 6.45) is 4.73. The number of ketones is 1. The van der Waals surface area contributed by atoms with Crippen LogP contribution >= 0.6 is 0 Å². The molecule has 5 heteroatoms. The molecule has 0 radical (unpaired) electrons. The minimum absolute atomic E-state index is 0.0161. The van der Waals surface area contributed by atoms with Crippen molar-refractivity contribution in [3.8, 4) is 5.75 Å². The Morgan fingerprint density at radius 2 is 1.78 bits per heavy atom. The predicted octanol–water partition coefficient (Wildman–Crippen LogP) is 2.01. The van der Waals surface area contributed by atoms with E-state index in [1.807, 2.05) is 0 Å². The number of rotatable bonds is 6. The van der Waals surface area contributed by atoms with Crippen molar-refractivity contribution in [2.24, 2.45) is 0 Å². The average Bonchev–Trinajstić information content (AvgIpc) is 3.39. The van der Waals surface area contributed by atoms with Gasteiger partial charge in [-0.15, -0.1) is 0 Å². The molecule has 1 heterocycles. The third-order valence-corrected chi connectivity index (χ3v) is 4.59. The number of carbonyl (C=O) groups is 2. The van der Waals surface area contributed by atoms with Gasteiger partial charge in [-0.3, -0.25) is 9.59 Å². The number of ether oxygens (including phenoxy) is 1. The summed E-state index contributed by atoms with van der Waals surface area (Å²) in [5, 5.41) is 3.05.